The number of thiophene rings is 1. The summed E-state index contributed by atoms with van der Waals surface area (Å²) in [5.74, 6) is 2.98. The Balaban J connectivity index is 2.06. The van der Waals surface area contributed by atoms with Gasteiger partial charge in [-0.3, -0.25) is 0 Å². The van der Waals surface area contributed by atoms with Gasteiger partial charge in [0.1, 0.15) is 28.0 Å². The van der Waals surface area contributed by atoms with Gasteiger partial charge in [-0.1, -0.05) is 0 Å². The van der Waals surface area contributed by atoms with Crippen LogP contribution < -0.4 is 14.8 Å². The van der Waals surface area contributed by atoms with Crippen LogP contribution in [0.4, 0.5) is 11.5 Å². The topological polar surface area (TPSA) is 56.3 Å². The number of aryl methyl sites for hydroxylation is 2. The van der Waals surface area contributed by atoms with Crippen LogP contribution in [0.3, 0.4) is 0 Å². The van der Waals surface area contributed by atoms with Crippen LogP contribution in [0, 0.1) is 13.8 Å². The summed E-state index contributed by atoms with van der Waals surface area (Å²) in [4.78, 5) is 11.2. The summed E-state index contributed by atoms with van der Waals surface area (Å²) >= 11 is 1.66. The van der Waals surface area contributed by atoms with Gasteiger partial charge in [0.15, 0.2) is 0 Å². The van der Waals surface area contributed by atoms with E-state index in [-0.39, 0.29) is 0 Å². The van der Waals surface area contributed by atoms with Gasteiger partial charge in [-0.05, 0) is 32.0 Å². The molecule has 0 spiro atoms. The average molecular weight is 315 g/mol. The summed E-state index contributed by atoms with van der Waals surface area (Å²) in [6.45, 7) is 3.96. The molecule has 114 valence electrons. The highest BCUT2D eigenvalue weighted by Gasteiger charge is 2.12. The molecule has 0 saturated heterocycles. The van der Waals surface area contributed by atoms with E-state index in [2.05, 4.69) is 28.3 Å². The van der Waals surface area contributed by atoms with Crippen LogP contribution in [-0.4, -0.2) is 24.2 Å². The Kier molecular flexibility index (Phi) is 3.85. The molecule has 0 aliphatic carbocycles. The number of aromatic nitrogens is 2. The summed E-state index contributed by atoms with van der Waals surface area (Å²) in [6.07, 6.45) is 0. The number of hydrogen-bond acceptors (Lipinski definition) is 6. The van der Waals surface area contributed by atoms with Crippen molar-refractivity contribution in [3.8, 4) is 11.5 Å². The van der Waals surface area contributed by atoms with Crippen LogP contribution >= 0.6 is 11.3 Å². The first-order valence-electron chi connectivity index (χ1n) is 6.84. The Labute approximate surface area is 132 Å². The second kappa shape index (κ2) is 5.81. The monoisotopic (exact) mass is 315 g/mol. The molecule has 5 nitrogen and oxygen atoms in total. The fourth-order valence-electron chi connectivity index (χ4n) is 2.27. The van der Waals surface area contributed by atoms with Gasteiger partial charge in [0.2, 0.25) is 0 Å². The number of benzene rings is 1. The number of nitrogens with zero attached hydrogens (tertiary/aromatic N) is 2. The van der Waals surface area contributed by atoms with Crippen LogP contribution in [0.5, 0.6) is 11.5 Å². The highest BCUT2D eigenvalue weighted by Crippen LogP contribution is 2.34. The summed E-state index contributed by atoms with van der Waals surface area (Å²) in [5.41, 5.74) is 0.839. The van der Waals surface area contributed by atoms with Gasteiger partial charge in [-0.15, -0.1) is 11.3 Å². The van der Waals surface area contributed by atoms with E-state index in [4.69, 9.17) is 9.47 Å². The zero-order valence-electron chi connectivity index (χ0n) is 12.9. The lowest BCUT2D eigenvalue weighted by molar-refractivity contribution is 0.395. The molecule has 22 heavy (non-hydrogen) atoms. The summed E-state index contributed by atoms with van der Waals surface area (Å²) in [5, 5.41) is 4.37. The Morgan fingerprint density at radius 2 is 1.86 bits per heavy atom. The number of rotatable bonds is 4. The Morgan fingerprint density at radius 3 is 2.59 bits per heavy atom. The van der Waals surface area contributed by atoms with Crippen LogP contribution in [-0.2, 0) is 0 Å². The molecule has 0 atom stereocenters. The van der Waals surface area contributed by atoms with Crippen molar-refractivity contribution in [1.82, 2.24) is 9.97 Å². The highest BCUT2D eigenvalue weighted by molar-refractivity contribution is 7.18. The third-order valence-electron chi connectivity index (χ3n) is 3.29. The van der Waals surface area contributed by atoms with Gasteiger partial charge in [0.25, 0.3) is 0 Å². The van der Waals surface area contributed by atoms with Crippen molar-refractivity contribution in [2.24, 2.45) is 0 Å². The molecule has 0 aliphatic heterocycles. The normalized spacial score (nSPS) is 10.7. The van der Waals surface area contributed by atoms with E-state index in [9.17, 15) is 0 Å². The van der Waals surface area contributed by atoms with Crippen LogP contribution in [0.15, 0.2) is 24.3 Å². The zero-order chi connectivity index (χ0) is 15.7. The molecule has 0 radical (unpaired) electrons. The Bertz CT molecular complexity index is 830. The number of hydrogen-bond donors (Lipinski definition) is 1. The molecule has 6 heteroatoms. The van der Waals surface area contributed by atoms with Crippen molar-refractivity contribution < 1.29 is 9.47 Å². The number of anilines is 2. The molecule has 2 aromatic heterocycles. The number of fused-ring (bicyclic) bond motifs is 1. The van der Waals surface area contributed by atoms with E-state index in [0.29, 0.717) is 5.75 Å². The maximum Gasteiger partial charge on any atom is 0.146 e. The van der Waals surface area contributed by atoms with Gasteiger partial charge in [-0.25, -0.2) is 9.97 Å². The standard InChI is InChI=1S/C16H17N3O2S/c1-9-7-12-15(17-10(2)18-16(12)22-9)19-13-6-5-11(20-3)8-14(13)21-4/h5-8H,1-4H3,(H,17,18,19). The molecular weight excluding hydrogens is 298 g/mol. The average Bonchev–Trinajstić information content (AvgIpc) is 2.88. The van der Waals surface area contributed by atoms with Crippen molar-refractivity contribution in [3.05, 3.63) is 35.0 Å². The molecular formula is C16H17N3O2S. The first-order chi connectivity index (χ1) is 10.6. The highest BCUT2D eigenvalue weighted by atomic mass is 32.1. The second-order valence-corrected chi connectivity index (χ2v) is 6.12. The van der Waals surface area contributed by atoms with Crippen molar-refractivity contribution in [2.75, 3.05) is 19.5 Å². The summed E-state index contributed by atoms with van der Waals surface area (Å²) < 4.78 is 10.6. The van der Waals surface area contributed by atoms with Gasteiger partial charge >= 0.3 is 0 Å². The molecule has 0 amide bonds. The summed E-state index contributed by atoms with van der Waals surface area (Å²) in [7, 11) is 3.27. The van der Waals surface area contributed by atoms with Gasteiger partial charge in [0.05, 0.1) is 25.3 Å². The Morgan fingerprint density at radius 1 is 1.05 bits per heavy atom. The lowest BCUT2D eigenvalue weighted by Gasteiger charge is -2.12. The van der Waals surface area contributed by atoms with Crippen LogP contribution in [0.1, 0.15) is 10.7 Å². The molecule has 3 aromatic rings. The molecule has 0 unspecified atom stereocenters. The molecule has 0 bridgehead atoms. The van der Waals surface area contributed by atoms with Crippen LogP contribution in [0.2, 0.25) is 0 Å². The third-order valence-corrected chi connectivity index (χ3v) is 4.23. The van der Waals surface area contributed by atoms with E-state index in [1.54, 1.807) is 25.6 Å². The molecule has 1 aromatic carbocycles. The van der Waals surface area contributed by atoms with E-state index >= 15 is 0 Å². The van der Waals surface area contributed by atoms with Gasteiger partial charge < -0.3 is 14.8 Å². The number of nitrogens with one attached hydrogen (secondary N) is 1. The van der Waals surface area contributed by atoms with Gasteiger partial charge in [-0.2, -0.15) is 0 Å². The quantitative estimate of drug-likeness (QED) is 0.786. The van der Waals surface area contributed by atoms with Crippen molar-refractivity contribution >= 4 is 33.1 Å². The maximum atomic E-state index is 5.42. The van der Waals surface area contributed by atoms with Crippen molar-refractivity contribution in [2.45, 2.75) is 13.8 Å². The minimum Gasteiger partial charge on any atom is -0.497 e. The van der Waals surface area contributed by atoms with Crippen molar-refractivity contribution in [3.63, 3.8) is 0 Å². The number of methoxy groups -OCH3 is 2. The SMILES string of the molecule is COc1ccc(Nc2nc(C)nc3sc(C)cc23)c(OC)c1. The number of ether oxygens (including phenoxy) is 2. The van der Waals surface area contributed by atoms with Crippen molar-refractivity contribution in [1.29, 1.82) is 0 Å². The lowest BCUT2D eigenvalue weighted by atomic mass is 10.2. The minimum atomic E-state index is 0.704. The predicted octanol–water partition coefficient (Wildman–Crippen LogP) is 4.07. The molecule has 2 heterocycles. The lowest BCUT2D eigenvalue weighted by Crippen LogP contribution is -2.00. The second-order valence-electron chi connectivity index (χ2n) is 4.89. The molecule has 0 fully saturated rings. The molecule has 0 aliphatic rings. The van der Waals surface area contributed by atoms with Crippen LogP contribution in [0.25, 0.3) is 10.2 Å². The minimum absolute atomic E-state index is 0.704. The molecule has 0 saturated carbocycles. The summed E-state index contributed by atoms with van der Waals surface area (Å²) in [6, 6.07) is 7.74. The maximum absolute atomic E-state index is 5.42. The first kappa shape index (κ1) is 14.6. The third kappa shape index (κ3) is 2.69. The largest absolute Gasteiger partial charge is 0.497 e. The Hall–Kier alpha value is -2.34. The van der Waals surface area contributed by atoms with E-state index in [1.165, 1.54) is 4.88 Å². The van der Waals surface area contributed by atoms with E-state index in [0.717, 1.165) is 33.3 Å². The van der Waals surface area contributed by atoms with E-state index < -0.39 is 0 Å². The fourth-order valence-corrected chi connectivity index (χ4v) is 3.20. The smallest absolute Gasteiger partial charge is 0.146 e. The first-order valence-corrected chi connectivity index (χ1v) is 7.66. The predicted molar refractivity (Wildman–Crippen MR) is 89.7 cm³/mol. The van der Waals surface area contributed by atoms with E-state index in [1.807, 2.05) is 25.1 Å². The molecule has 1 N–H and O–H groups in total. The zero-order valence-corrected chi connectivity index (χ0v) is 13.7. The molecule has 3 rings (SSSR count). The fraction of sp³-hybridized carbons (Fsp3) is 0.250. The van der Waals surface area contributed by atoms with Gasteiger partial charge in [0, 0.05) is 10.9 Å².